The fourth-order valence-corrected chi connectivity index (χ4v) is 5.32. The summed E-state index contributed by atoms with van der Waals surface area (Å²) in [5.41, 5.74) is 1.89. The Balaban J connectivity index is 1.55. The van der Waals surface area contributed by atoms with Gasteiger partial charge in [-0.05, 0) is 54.7 Å². The van der Waals surface area contributed by atoms with Gasteiger partial charge >= 0.3 is 6.03 Å². The van der Waals surface area contributed by atoms with E-state index in [0.717, 1.165) is 41.3 Å². The predicted molar refractivity (Wildman–Crippen MR) is 122 cm³/mol. The maximum atomic E-state index is 12.7. The van der Waals surface area contributed by atoms with Crippen molar-refractivity contribution in [2.75, 3.05) is 13.1 Å². The number of amides is 2. The highest BCUT2D eigenvalue weighted by molar-refractivity contribution is 9.10. The molecule has 1 aliphatic rings. The summed E-state index contributed by atoms with van der Waals surface area (Å²) in [6.45, 7) is 3.52. The maximum absolute atomic E-state index is 12.7. The molecular weight excluding hydrogens is 466 g/mol. The van der Waals surface area contributed by atoms with Gasteiger partial charge in [-0.25, -0.2) is 13.2 Å². The molecule has 1 heterocycles. The number of sulfonamides is 1. The molecule has 30 heavy (non-hydrogen) atoms. The molecule has 3 rings (SSSR count). The van der Waals surface area contributed by atoms with E-state index in [0.29, 0.717) is 24.5 Å². The molecule has 0 aromatic heterocycles. The van der Waals surface area contributed by atoms with Gasteiger partial charge in [0.2, 0.25) is 10.0 Å². The Morgan fingerprint density at radius 3 is 2.27 bits per heavy atom. The molecule has 1 atom stereocenters. The lowest BCUT2D eigenvalue weighted by Gasteiger charge is -2.25. The first-order chi connectivity index (χ1) is 14.4. The molecule has 2 aromatic rings. The number of urea groups is 1. The van der Waals surface area contributed by atoms with Crippen LogP contribution < -0.4 is 10.6 Å². The quantitative estimate of drug-likeness (QED) is 0.592. The lowest BCUT2D eigenvalue weighted by molar-refractivity contribution is 0.236. The summed E-state index contributed by atoms with van der Waals surface area (Å²) in [4.78, 5) is 12.6. The second-order valence-electron chi connectivity index (χ2n) is 7.45. The van der Waals surface area contributed by atoms with Gasteiger partial charge in [0, 0.05) is 24.1 Å². The molecule has 1 aliphatic heterocycles. The number of rotatable bonds is 7. The topological polar surface area (TPSA) is 78.5 Å². The Morgan fingerprint density at radius 2 is 1.67 bits per heavy atom. The van der Waals surface area contributed by atoms with Gasteiger partial charge in [0.1, 0.15) is 0 Å². The number of nitrogens with zero attached hydrogens (tertiary/aromatic N) is 1. The summed E-state index contributed by atoms with van der Waals surface area (Å²) >= 11 is 3.42. The van der Waals surface area contributed by atoms with Crippen LogP contribution in [-0.4, -0.2) is 31.8 Å². The lowest BCUT2D eigenvalue weighted by atomic mass is 10.1. The van der Waals surface area contributed by atoms with Gasteiger partial charge in [0.15, 0.2) is 0 Å². The van der Waals surface area contributed by atoms with Crippen molar-refractivity contribution in [1.29, 1.82) is 0 Å². The summed E-state index contributed by atoms with van der Waals surface area (Å²) in [5, 5.41) is 5.83. The third kappa shape index (κ3) is 5.83. The van der Waals surface area contributed by atoms with Crippen LogP contribution >= 0.6 is 15.9 Å². The number of piperidine rings is 1. The summed E-state index contributed by atoms with van der Waals surface area (Å²) < 4.78 is 28.0. The zero-order valence-corrected chi connectivity index (χ0v) is 19.5. The molecule has 0 saturated carbocycles. The van der Waals surface area contributed by atoms with Crippen molar-refractivity contribution in [2.45, 2.75) is 50.1 Å². The zero-order valence-electron chi connectivity index (χ0n) is 17.1. The molecule has 0 bridgehead atoms. The molecule has 0 aliphatic carbocycles. The van der Waals surface area contributed by atoms with E-state index in [1.165, 1.54) is 0 Å². The lowest BCUT2D eigenvalue weighted by Crippen LogP contribution is -2.37. The van der Waals surface area contributed by atoms with Crippen LogP contribution in [0.4, 0.5) is 4.79 Å². The Labute approximate surface area is 187 Å². The SMILES string of the molecule is CC[C@H](NC(=O)NCc1ccc(S(=O)(=O)N2CCCCC2)cc1)c1ccc(Br)cc1. The van der Waals surface area contributed by atoms with Crippen LogP contribution in [0, 0.1) is 0 Å². The van der Waals surface area contributed by atoms with Gasteiger partial charge in [0.05, 0.1) is 10.9 Å². The molecule has 8 heteroatoms. The molecule has 0 spiro atoms. The van der Waals surface area contributed by atoms with E-state index in [1.807, 2.05) is 31.2 Å². The van der Waals surface area contributed by atoms with Gasteiger partial charge < -0.3 is 10.6 Å². The van der Waals surface area contributed by atoms with Crippen LogP contribution in [-0.2, 0) is 16.6 Å². The molecule has 6 nitrogen and oxygen atoms in total. The number of benzene rings is 2. The Kier molecular flexibility index (Phi) is 7.91. The van der Waals surface area contributed by atoms with Crippen molar-refractivity contribution in [3.05, 3.63) is 64.1 Å². The van der Waals surface area contributed by atoms with Crippen molar-refractivity contribution in [3.8, 4) is 0 Å². The van der Waals surface area contributed by atoms with Crippen LogP contribution in [0.5, 0.6) is 0 Å². The van der Waals surface area contributed by atoms with E-state index in [-0.39, 0.29) is 12.1 Å². The summed E-state index contributed by atoms with van der Waals surface area (Å²) in [7, 11) is -3.43. The minimum absolute atomic E-state index is 0.0739. The van der Waals surface area contributed by atoms with Crippen molar-refractivity contribution < 1.29 is 13.2 Å². The first kappa shape index (κ1) is 22.8. The molecule has 1 saturated heterocycles. The molecule has 2 N–H and O–H groups in total. The van der Waals surface area contributed by atoms with Crippen LogP contribution in [0.1, 0.15) is 49.8 Å². The van der Waals surface area contributed by atoms with Crippen molar-refractivity contribution >= 4 is 32.0 Å². The average molecular weight is 494 g/mol. The smallest absolute Gasteiger partial charge is 0.315 e. The first-order valence-corrected chi connectivity index (χ1v) is 12.5. The molecule has 162 valence electrons. The van der Waals surface area contributed by atoms with Crippen LogP contribution in [0.2, 0.25) is 0 Å². The second kappa shape index (κ2) is 10.4. The van der Waals surface area contributed by atoms with Gasteiger partial charge in [-0.15, -0.1) is 0 Å². The summed E-state index contributed by atoms with van der Waals surface area (Å²) in [5.74, 6) is 0. The Morgan fingerprint density at radius 1 is 1.03 bits per heavy atom. The fourth-order valence-electron chi connectivity index (χ4n) is 3.54. The van der Waals surface area contributed by atoms with E-state index in [4.69, 9.17) is 0 Å². The molecule has 2 amide bonds. The number of hydrogen-bond donors (Lipinski definition) is 2. The number of carbonyl (C=O) groups excluding carboxylic acids is 1. The van der Waals surface area contributed by atoms with Gasteiger partial charge in [-0.1, -0.05) is 53.5 Å². The van der Waals surface area contributed by atoms with E-state index in [1.54, 1.807) is 28.6 Å². The third-order valence-corrected chi connectivity index (χ3v) is 7.76. The molecule has 2 aromatic carbocycles. The van der Waals surface area contributed by atoms with Crippen molar-refractivity contribution in [3.63, 3.8) is 0 Å². The van der Waals surface area contributed by atoms with Crippen LogP contribution in [0.15, 0.2) is 57.9 Å². The number of carbonyl (C=O) groups is 1. The zero-order chi connectivity index (χ0) is 21.6. The Hall–Kier alpha value is -1.90. The highest BCUT2D eigenvalue weighted by Crippen LogP contribution is 2.21. The second-order valence-corrected chi connectivity index (χ2v) is 10.3. The Bertz CT molecular complexity index is 941. The highest BCUT2D eigenvalue weighted by Gasteiger charge is 2.25. The number of halogens is 1. The summed E-state index contributed by atoms with van der Waals surface area (Å²) in [6, 6.07) is 14.3. The molecule has 0 radical (unpaired) electrons. The maximum Gasteiger partial charge on any atom is 0.315 e. The van der Waals surface area contributed by atoms with Gasteiger partial charge in [0.25, 0.3) is 0 Å². The number of nitrogens with one attached hydrogen (secondary N) is 2. The predicted octanol–water partition coefficient (Wildman–Crippen LogP) is 4.57. The monoisotopic (exact) mass is 493 g/mol. The van der Waals surface area contributed by atoms with Crippen LogP contribution in [0.3, 0.4) is 0 Å². The van der Waals surface area contributed by atoms with Crippen LogP contribution in [0.25, 0.3) is 0 Å². The van der Waals surface area contributed by atoms with Crippen molar-refractivity contribution in [1.82, 2.24) is 14.9 Å². The average Bonchev–Trinajstić information content (AvgIpc) is 2.77. The molecular formula is C22H28BrN3O3S. The largest absolute Gasteiger partial charge is 0.334 e. The van der Waals surface area contributed by atoms with E-state index in [9.17, 15) is 13.2 Å². The normalized spacial score (nSPS) is 16.1. The van der Waals surface area contributed by atoms with Gasteiger partial charge in [-0.2, -0.15) is 4.31 Å². The van der Waals surface area contributed by atoms with E-state index < -0.39 is 10.0 Å². The third-order valence-electron chi connectivity index (χ3n) is 5.32. The van der Waals surface area contributed by atoms with Gasteiger partial charge in [-0.3, -0.25) is 0 Å². The number of hydrogen-bond acceptors (Lipinski definition) is 3. The van der Waals surface area contributed by atoms with E-state index in [2.05, 4.69) is 26.6 Å². The molecule has 1 fully saturated rings. The highest BCUT2D eigenvalue weighted by atomic mass is 79.9. The minimum Gasteiger partial charge on any atom is -0.334 e. The summed E-state index contributed by atoms with van der Waals surface area (Å²) in [6.07, 6.45) is 3.68. The fraction of sp³-hybridized carbons (Fsp3) is 0.409. The minimum atomic E-state index is -3.43. The molecule has 0 unspecified atom stereocenters. The standard InChI is InChI=1S/C22H28BrN3O3S/c1-2-21(18-8-10-19(23)11-9-18)25-22(27)24-16-17-6-12-20(13-7-17)30(28,29)26-14-4-3-5-15-26/h6-13,21H,2-5,14-16H2,1H3,(H2,24,25,27)/t21-/m0/s1. The van der Waals surface area contributed by atoms with Crippen molar-refractivity contribution in [2.24, 2.45) is 0 Å². The first-order valence-electron chi connectivity index (χ1n) is 10.3. The van der Waals surface area contributed by atoms with E-state index >= 15 is 0 Å².